The van der Waals surface area contributed by atoms with E-state index >= 15 is 0 Å². The van der Waals surface area contributed by atoms with Crippen LogP contribution in [-0.2, 0) is 32.1 Å². The summed E-state index contributed by atoms with van der Waals surface area (Å²) >= 11 is 0. The zero-order valence-corrected chi connectivity index (χ0v) is 17.7. The molecule has 2 rings (SSSR count). The van der Waals surface area contributed by atoms with Crippen molar-refractivity contribution in [3.8, 4) is 0 Å². The Bertz CT molecular complexity index is 777. The van der Waals surface area contributed by atoms with E-state index in [9.17, 15) is 9.59 Å². The van der Waals surface area contributed by atoms with E-state index in [1.54, 1.807) is 31.6 Å². The quantitative estimate of drug-likeness (QED) is 0.356. The first kappa shape index (κ1) is 23.4. The number of amides is 1. The van der Waals surface area contributed by atoms with Crippen molar-refractivity contribution in [1.29, 1.82) is 0 Å². The lowest BCUT2D eigenvalue weighted by Gasteiger charge is -2.21. The van der Waals surface area contributed by atoms with Crippen molar-refractivity contribution in [2.24, 2.45) is 0 Å². The van der Waals surface area contributed by atoms with Gasteiger partial charge in [0.1, 0.15) is 0 Å². The average molecular weight is 419 g/mol. The SMILES string of the molecule is CCOC(=O)CCN(Cc1cccnc1)C(=O)c1cn(CC(OCC)OCC)nn1. The standard InChI is InChI=1S/C20H29N5O5/c1-4-28-18(26)9-11-24(13-16-8-7-10-21-12-16)20(27)17-14-25(23-22-17)15-19(29-5-2)30-6-3/h7-8,10,12,14,19H,4-6,9,11,13,15H2,1-3H3. The van der Waals surface area contributed by atoms with Gasteiger partial charge < -0.3 is 19.1 Å². The number of carbonyl (C=O) groups excluding carboxylic acids is 2. The highest BCUT2D eigenvalue weighted by Crippen LogP contribution is 2.10. The third-order valence-corrected chi connectivity index (χ3v) is 4.07. The second-order valence-electron chi connectivity index (χ2n) is 6.31. The summed E-state index contributed by atoms with van der Waals surface area (Å²) < 4.78 is 17.5. The molecule has 2 aromatic rings. The molecular weight excluding hydrogens is 390 g/mol. The van der Waals surface area contributed by atoms with E-state index in [2.05, 4.69) is 15.3 Å². The Labute approximate surface area is 176 Å². The third kappa shape index (κ3) is 7.53. The minimum absolute atomic E-state index is 0.0880. The Morgan fingerprint density at radius 2 is 1.93 bits per heavy atom. The lowest BCUT2D eigenvalue weighted by Crippen LogP contribution is -2.33. The zero-order valence-electron chi connectivity index (χ0n) is 17.7. The minimum Gasteiger partial charge on any atom is -0.466 e. The summed E-state index contributed by atoms with van der Waals surface area (Å²) in [6, 6.07) is 3.66. The van der Waals surface area contributed by atoms with Crippen molar-refractivity contribution in [3.05, 3.63) is 42.0 Å². The van der Waals surface area contributed by atoms with Gasteiger partial charge in [-0.2, -0.15) is 0 Å². The molecule has 0 radical (unpaired) electrons. The molecule has 2 aromatic heterocycles. The predicted octanol–water partition coefficient (Wildman–Crippen LogP) is 1.67. The van der Waals surface area contributed by atoms with Gasteiger partial charge in [0.2, 0.25) is 0 Å². The van der Waals surface area contributed by atoms with Crippen molar-refractivity contribution >= 4 is 11.9 Å². The van der Waals surface area contributed by atoms with Crippen LogP contribution in [0.2, 0.25) is 0 Å². The number of rotatable bonds is 13. The smallest absolute Gasteiger partial charge is 0.307 e. The normalized spacial score (nSPS) is 10.9. The van der Waals surface area contributed by atoms with Crippen LogP contribution in [0.3, 0.4) is 0 Å². The van der Waals surface area contributed by atoms with Gasteiger partial charge in [-0.25, -0.2) is 4.68 Å². The van der Waals surface area contributed by atoms with E-state index < -0.39 is 6.29 Å². The maximum absolute atomic E-state index is 13.0. The molecule has 0 aliphatic heterocycles. The summed E-state index contributed by atoms with van der Waals surface area (Å²) in [6.45, 7) is 7.59. The van der Waals surface area contributed by atoms with E-state index in [1.165, 1.54) is 9.58 Å². The Morgan fingerprint density at radius 1 is 1.17 bits per heavy atom. The van der Waals surface area contributed by atoms with Gasteiger partial charge in [0.05, 0.1) is 25.8 Å². The molecule has 0 saturated carbocycles. The van der Waals surface area contributed by atoms with Crippen LogP contribution in [0.5, 0.6) is 0 Å². The number of nitrogens with zero attached hydrogens (tertiary/aromatic N) is 5. The second-order valence-corrected chi connectivity index (χ2v) is 6.31. The Morgan fingerprint density at radius 3 is 2.57 bits per heavy atom. The molecule has 0 aliphatic carbocycles. The van der Waals surface area contributed by atoms with Crippen LogP contribution >= 0.6 is 0 Å². The molecule has 10 heteroatoms. The van der Waals surface area contributed by atoms with Gasteiger partial charge >= 0.3 is 5.97 Å². The fraction of sp³-hybridized carbons (Fsp3) is 0.550. The highest BCUT2D eigenvalue weighted by Gasteiger charge is 2.21. The highest BCUT2D eigenvalue weighted by atomic mass is 16.7. The molecule has 0 fully saturated rings. The second kappa shape index (κ2) is 12.7. The molecule has 0 unspecified atom stereocenters. The molecule has 0 aliphatic rings. The highest BCUT2D eigenvalue weighted by molar-refractivity contribution is 5.92. The number of hydrogen-bond donors (Lipinski definition) is 0. The number of carbonyl (C=O) groups is 2. The van der Waals surface area contributed by atoms with E-state index in [-0.39, 0.29) is 30.5 Å². The molecule has 0 aromatic carbocycles. The van der Waals surface area contributed by atoms with Crippen molar-refractivity contribution in [2.75, 3.05) is 26.4 Å². The van der Waals surface area contributed by atoms with E-state index in [0.717, 1.165) is 5.56 Å². The molecular formula is C20H29N5O5. The van der Waals surface area contributed by atoms with Crippen LogP contribution in [0.1, 0.15) is 43.2 Å². The molecule has 0 bridgehead atoms. The first-order valence-electron chi connectivity index (χ1n) is 10.0. The Kier molecular flexibility index (Phi) is 9.88. The van der Waals surface area contributed by atoms with Gasteiger partial charge in [-0.15, -0.1) is 5.10 Å². The van der Waals surface area contributed by atoms with Crippen LogP contribution in [0.4, 0.5) is 0 Å². The summed E-state index contributed by atoms with van der Waals surface area (Å²) in [7, 11) is 0. The molecule has 30 heavy (non-hydrogen) atoms. The lowest BCUT2D eigenvalue weighted by molar-refractivity contribution is -0.145. The lowest BCUT2D eigenvalue weighted by atomic mass is 10.2. The first-order chi connectivity index (χ1) is 14.6. The topological polar surface area (TPSA) is 109 Å². The van der Waals surface area contributed by atoms with Crippen molar-refractivity contribution in [3.63, 3.8) is 0 Å². The van der Waals surface area contributed by atoms with Crippen LogP contribution in [0, 0.1) is 0 Å². The fourth-order valence-corrected chi connectivity index (χ4v) is 2.75. The zero-order chi connectivity index (χ0) is 21.8. The molecule has 0 spiro atoms. The van der Waals surface area contributed by atoms with Crippen LogP contribution < -0.4 is 0 Å². The van der Waals surface area contributed by atoms with Gasteiger partial charge in [-0.05, 0) is 32.4 Å². The number of hydrogen-bond acceptors (Lipinski definition) is 8. The predicted molar refractivity (Wildman–Crippen MR) is 107 cm³/mol. The van der Waals surface area contributed by atoms with Crippen molar-refractivity contribution in [2.45, 2.75) is 46.6 Å². The number of aromatic nitrogens is 4. The maximum Gasteiger partial charge on any atom is 0.307 e. The number of pyridine rings is 1. The van der Waals surface area contributed by atoms with Crippen LogP contribution in [0.25, 0.3) is 0 Å². The Hall–Kier alpha value is -2.85. The number of esters is 1. The summed E-state index contributed by atoms with van der Waals surface area (Å²) in [4.78, 5) is 30.4. The average Bonchev–Trinajstić information content (AvgIpc) is 3.20. The van der Waals surface area contributed by atoms with Gasteiger partial charge in [0.25, 0.3) is 5.91 Å². The van der Waals surface area contributed by atoms with E-state index in [1.807, 2.05) is 19.9 Å². The van der Waals surface area contributed by atoms with Crippen LogP contribution in [-0.4, -0.2) is 69.4 Å². The number of ether oxygens (including phenoxy) is 3. The van der Waals surface area contributed by atoms with Gasteiger partial charge in [0.15, 0.2) is 12.0 Å². The van der Waals surface area contributed by atoms with Crippen LogP contribution in [0.15, 0.2) is 30.7 Å². The molecule has 2 heterocycles. The van der Waals surface area contributed by atoms with Gasteiger partial charge in [-0.3, -0.25) is 14.6 Å². The van der Waals surface area contributed by atoms with Crippen molar-refractivity contribution < 1.29 is 23.8 Å². The monoisotopic (exact) mass is 419 g/mol. The third-order valence-electron chi connectivity index (χ3n) is 4.07. The van der Waals surface area contributed by atoms with Gasteiger partial charge in [-0.1, -0.05) is 11.3 Å². The summed E-state index contributed by atoms with van der Waals surface area (Å²) in [5.41, 5.74) is 1.02. The summed E-state index contributed by atoms with van der Waals surface area (Å²) in [5.74, 6) is -0.694. The van der Waals surface area contributed by atoms with E-state index in [4.69, 9.17) is 14.2 Å². The molecule has 0 saturated heterocycles. The minimum atomic E-state index is -0.472. The largest absolute Gasteiger partial charge is 0.466 e. The summed E-state index contributed by atoms with van der Waals surface area (Å²) in [6.07, 6.45) is 4.50. The summed E-state index contributed by atoms with van der Waals surface area (Å²) in [5, 5.41) is 8.01. The van der Waals surface area contributed by atoms with E-state index in [0.29, 0.717) is 32.9 Å². The van der Waals surface area contributed by atoms with Gasteiger partial charge in [0, 0.05) is 38.7 Å². The maximum atomic E-state index is 13.0. The molecule has 10 nitrogen and oxygen atoms in total. The molecule has 0 N–H and O–H groups in total. The molecule has 1 amide bonds. The van der Waals surface area contributed by atoms with Crippen molar-refractivity contribution in [1.82, 2.24) is 24.9 Å². The Balaban J connectivity index is 2.10. The first-order valence-corrected chi connectivity index (χ1v) is 10.0. The fourth-order valence-electron chi connectivity index (χ4n) is 2.75. The molecule has 164 valence electrons. The molecule has 0 atom stereocenters.